The van der Waals surface area contributed by atoms with Gasteiger partial charge in [-0.15, -0.1) is 0 Å². The van der Waals surface area contributed by atoms with Crippen molar-refractivity contribution in [1.29, 1.82) is 0 Å². The highest BCUT2D eigenvalue weighted by atomic mass is 15.1. The van der Waals surface area contributed by atoms with Crippen molar-refractivity contribution in [3.63, 3.8) is 0 Å². The topological polar surface area (TPSA) is 21.1 Å². The van der Waals surface area contributed by atoms with Gasteiger partial charge in [0.15, 0.2) is 0 Å². The zero-order valence-electron chi connectivity index (χ0n) is 11.3. The van der Waals surface area contributed by atoms with Gasteiger partial charge in [0.2, 0.25) is 0 Å². The molecule has 1 rings (SSSR count). The van der Waals surface area contributed by atoms with Crippen molar-refractivity contribution in [2.24, 2.45) is 11.3 Å². The molecule has 1 fully saturated rings. The molecule has 1 aliphatic carbocycles. The molecule has 0 aromatic rings. The summed E-state index contributed by atoms with van der Waals surface area (Å²) >= 11 is 0. The van der Waals surface area contributed by atoms with E-state index in [9.17, 15) is 0 Å². The second-order valence-corrected chi connectivity index (χ2v) is 6.67. The van der Waals surface area contributed by atoms with Crippen LogP contribution in [0.25, 0.3) is 0 Å². The summed E-state index contributed by atoms with van der Waals surface area (Å²) in [6, 6.07) is 0.913. The first-order valence-electron chi connectivity index (χ1n) is 6.51. The quantitative estimate of drug-likeness (QED) is 0.638. The monoisotopic (exact) mass is 214 g/mol. The normalized spacial score (nSPS) is 27.6. The molecule has 90 valence electrons. The van der Waals surface area contributed by atoms with Gasteiger partial charge >= 0.3 is 0 Å². The van der Waals surface area contributed by atoms with Gasteiger partial charge in [0.05, 0.1) is 38.6 Å². The molecule has 2 atom stereocenters. The summed E-state index contributed by atoms with van der Waals surface area (Å²) in [5.74, 6) is 0.967. The van der Waals surface area contributed by atoms with Crippen LogP contribution in [0.4, 0.5) is 0 Å². The van der Waals surface area contributed by atoms with Crippen molar-refractivity contribution in [1.82, 2.24) is 0 Å². The lowest BCUT2D eigenvalue weighted by molar-refractivity contribution is -0.869. The van der Waals surface area contributed by atoms with Crippen LogP contribution in [-0.4, -0.2) is 33.2 Å². The van der Waals surface area contributed by atoms with Crippen molar-refractivity contribution in [2.75, 3.05) is 27.2 Å². The average molecular weight is 214 g/mol. The van der Waals surface area contributed by atoms with E-state index in [2.05, 4.69) is 40.2 Å². The molecule has 0 bridgehead atoms. The van der Waals surface area contributed by atoms with E-state index < -0.39 is 0 Å². The van der Waals surface area contributed by atoms with E-state index in [4.69, 9.17) is 0 Å². The summed E-state index contributed by atoms with van der Waals surface area (Å²) in [7, 11) is 4.50. The highest BCUT2D eigenvalue weighted by Crippen LogP contribution is 2.22. The van der Waals surface area contributed by atoms with Gasteiger partial charge in [0, 0.05) is 6.42 Å². The molecule has 0 amide bonds. The van der Waals surface area contributed by atoms with E-state index in [1.54, 1.807) is 4.90 Å². The molecular formula is C13H30N2+2. The van der Waals surface area contributed by atoms with Crippen LogP contribution in [0.2, 0.25) is 0 Å². The summed E-state index contributed by atoms with van der Waals surface area (Å²) in [5.41, 5.74) is 0.477. The number of hydrogen-bond donors (Lipinski definition) is 2. The molecule has 2 heteroatoms. The fraction of sp³-hybridized carbons (Fsp3) is 1.00. The Morgan fingerprint density at radius 2 is 1.93 bits per heavy atom. The van der Waals surface area contributed by atoms with E-state index in [0.717, 1.165) is 12.0 Å². The lowest BCUT2D eigenvalue weighted by atomic mass is 9.92. The molecule has 0 aliphatic heterocycles. The largest absolute Gasteiger partial charge is 0.343 e. The summed E-state index contributed by atoms with van der Waals surface area (Å²) in [6.07, 6.45) is 4.32. The van der Waals surface area contributed by atoms with Crippen LogP contribution in [0, 0.1) is 11.3 Å². The van der Waals surface area contributed by atoms with Gasteiger partial charge < -0.3 is 10.2 Å². The van der Waals surface area contributed by atoms with Crippen LogP contribution in [-0.2, 0) is 0 Å². The van der Waals surface area contributed by atoms with Crippen molar-refractivity contribution in [3.8, 4) is 0 Å². The smallest absolute Gasteiger partial charge is 0.0873 e. The Kier molecular flexibility index (Phi) is 4.60. The Hall–Kier alpha value is -0.0800. The number of quaternary nitrogens is 2. The maximum atomic E-state index is 2.60. The first kappa shape index (κ1) is 13.0. The van der Waals surface area contributed by atoms with Crippen molar-refractivity contribution < 1.29 is 10.2 Å². The van der Waals surface area contributed by atoms with Crippen LogP contribution < -0.4 is 10.2 Å². The summed E-state index contributed by atoms with van der Waals surface area (Å²) < 4.78 is 0. The molecule has 3 N–H and O–H groups in total. The van der Waals surface area contributed by atoms with Crippen molar-refractivity contribution >= 4 is 0 Å². The average Bonchev–Trinajstić information content (AvgIpc) is 2.46. The molecule has 0 saturated heterocycles. The highest BCUT2D eigenvalue weighted by Gasteiger charge is 2.29. The van der Waals surface area contributed by atoms with E-state index in [0.29, 0.717) is 5.41 Å². The third-order valence-electron chi connectivity index (χ3n) is 3.57. The molecular weight excluding hydrogens is 184 g/mol. The second-order valence-electron chi connectivity index (χ2n) is 6.67. The van der Waals surface area contributed by atoms with Crippen LogP contribution in [0.5, 0.6) is 0 Å². The maximum Gasteiger partial charge on any atom is 0.0873 e. The van der Waals surface area contributed by atoms with E-state index in [1.165, 1.54) is 32.4 Å². The number of hydrogen-bond acceptors (Lipinski definition) is 0. The van der Waals surface area contributed by atoms with Gasteiger partial charge in [0.1, 0.15) is 0 Å². The number of nitrogens with two attached hydrogens (primary N) is 1. The van der Waals surface area contributed by atoms with Crippen LogP contribution in [0.15, 0.2) is 0 Å². The predicted octanol–water partition coefficient (Wildman–Crippen LogP) is -0.0909. The van der Waals surface area contributed by atoms with E-state index in [-0.39, 0.29) is 0 Å². The Labute approximate surface area is 95.4 Å². The fourth-order valence-corrected chi connectivity index (χ4v) is 2.98. The first-order valence-corrected chi connectivity index (χ1v) is 6.51. The minimum Gasteiger partial charge on any atom is -0.343 e. The minimum atomic E-state index is 0.477. The molecule has 0 heterocycles. The summed E-state index contributed by atoms with van der Waals surface area (Å²) in [5, 5.41) is 2.60. The van der Waals surface area contributed by atoms with Crippen LogP contribution in [0.1, 0.15) is 40.0 Å². The third kappa shape index (κ3) is 4.98. The first-order chi connectivity index (χ1) is 6.89. The zero-order chi connectivity index (χ0) is 11.5. The Morgan fingerprint density at radius 1 is 1.27 bits per heavy atom. The number of rotatable bonds is 5. The third-order valence-corrected chi connectivity index (χ3v) is 3.57. The molecule has 0 unspecified atom stereocenters. The highest BCUT2D eigenvalue weighted by molar-refractivity contribution is 4.71. The molecule has 1 saturated carbocycles. The second kappa shape index (κ2) is 5.31. The Balaban J connectivity index is 2.23. The predicted molar refractivity (Wildman–Crippen MR) is 65.1 cm³/mol. The van der Waals surface area contributed by atoms with Gasteiger partial charge in [-0.2, -0.15) is 0 Å². The molecule has 0 spiro atoms. The van der Waals surface area contributed by atoms with Gasteiger partial charge in [-0.05, 0) is 32.6 Å². The summed E-state index contributed by atoms with van der Waals surface area (Å²) in [6.45, 7) is 9.74. The molecule has 15 heavy (non-hydrogen) atoms. The molecule has 0 aromatic carbocycles. The Morgan fingerprint density at radius 3 is 2.40 bits per heavy atom. The molecule has 1 aliphatic rings. The lowest BCUT2D eigenvalue weighted by Gasteiger charge is -2.25. The summed E-state index contributed by atoms with van der Waals surface area (Å²) in [4.78, 5) is 1.56. The SMILES string of the molecule is C[C@@H]1CC[C@H]([NH2+]CC(C)(C)C[NH+](C)C)C1. The molecule has 0 radical (unpaired) electrons. The van der Waals surface area contributed by atoms with Crippen molar-refractivity contribution in [3.05, 3.63) is 0 Å². The standard InChI is InChI=1S/C13H28N2/c1-11-6-7-12(8-11)14-9-13(2,3)10-15(4)5/h11-12,14H,6-10H2,1-5H3/p+2/t11-,12+/m1/s1. The van der Waals surface area contributed by atoms with Gasteiger partial charge in [-0.25, -0.2) is 0 Å². The zero-order valence-corrected chi connectivity index (χ0v) is 11.3. The van der Waals surface area contributed by atoms with Gasteiger partial charge in [0.25, 0.3) is 0 Å². The lowest BCUT2D eigenvalue weighted by Crippen LogP contribution is -3.08. The maximum absolute atomic E-state index is 2.60. The fourth-order valence-electron chi connectivity index (χ4n) is 2.98. The van der Waals surface area contributed by atoms with E-state index >= 15 is 0 Å². The Bertz CT molecular complexity index is 187. The van der Waals surface area contributed by atoms with Gasteiger partial charge in [-0.3, -0.25) is 0 Å². The van der Waals surface area contributed by atoms with Crippen LogP contribution >= 0.6 is 0 Å². The number of nitrogens with one attached hydrogen (secondary N) is 1. The van der Waals surface area contributed by atoms with Gasteiger partial charge in [-0.1, -0.05) is 6.92 Å². The molecule has 0 aromatic heterocycles. The van der Waals surface area contributed by atoms with Crippen LogP contribution in [0.3, 0.4) is 0 Å². The van der Waals surface area contributed by atoms with Crippen molar-refractivity contribution in [2.45, 2.75) is 46.1 Å². The van der Waals surface area contributed by atoms with E-state index in [1.807, 2.05) is 0 Å². The molecule has 2 nitrogen and oxygen atoms in total. The minimum absolute atomic E-state index is 0.477.